The standard InChI is InChI=1S/C34H56O6S2/c1-23(28(36)37)31(5,6)20-27(29(38)40-33(9,10)16-17-39-30(2,3)4)34(11,12)32(7,8)19-26(22-42-41)25-15-13-14-24(18-25)21-35/h13-15,18,21,23,26-27,41H,16-17,19-20,22H2,1-12H3,(H,36,37). The van der Waals surface area contributed by atoms with E-state index >= 15 is 0 Å². The maximum atomic E-state index is 14.2. The van der Waals surface area contributed by atoms with E-state index < -0.39 is 34.2 Å². The lowest BCUT2D eigenvalue weighted by Crippen LogP contribution is -2.48. The maximum Gasteiger partial charge on any atom is 0.310 e. The van der Waals surface area contributed by atoms with Gasteiger partial charge in [-0.15, -0.1) is 11.7 Å². The van der Waals surface area contributed by atoms with Crippen molar-refractivity contribution in [2.75, 3.05) is 12.4 Å². The van der Waals surface area contributed by atoms with Gasteiger partial charge in [0.15, 0.2) is 0 Å². The van der Waals surface area contributed by atoms with E-state index in [0.29, 0.717) is 25.0 Å². The Morgan fingerprint density at radius 3 is 2.10 bits per heavy atom. The van der Waals surface area contributed by atoms with Gasteiger partial charge in [-0.25, -0.2) is 0 Å². The smallest absolute Gasteiger partial charge is 0.310 e. The van der Waals surface area contributed by atoms with Crippen molar-refractivity contribution >= 4 is 40.7 Å². The van der Waals surface area contributed by atoms with Crippen LogP contribution in [0.3, 0.4) is 0 Å². The first-order valence-corrected chi connectivity index (χ1v) is 16.9. The molecular weight excluding hydrogens is 569 g/mol. The number of carbonyl (C=O) groups is 3. The topological polar surface area (TPSA) is 89.9 Å². The molecule has 42 heavy (non-hydrogen) atoms. The number of ether oxygens (including phenoxy) is 2. The van der Waals surface area contributed by atoms with E-state index in [1.165, 1.54) is 10.8 Å². The van der Waals surface area contributed by atoms with Gasteiger partial charge >= 0.3 is 11.9 Å². The third-order valence-corrected chi connectivity index (χ3v) is 10.3. The number of esters is 1. The molecule has 3 unspecified atom stereocenters. The van der Waals surface area contributed by atoms with Gasteiger partial charge in [0, 0.05) is 17.7 Å². The van der Waals surface area contributed by atoms with Gasteiger partial charge in [0.2, 0.25) is 0 Å². The Morgan fingerprint density at radius 2 is 1.60 bits per heavy atom. The van der Waals surface area contributed by atoms with Crippen molar-refractivity contribution in [3.8, 4) is 0 Å². The molecule has 0 aliphatic heterocycles. The Labute approximate surface area is 264 Å². The van der Waals surface area contributed by atoms with Crippen LogP contribution in [0.15, 0.2) is 24.3 Å². The number of rotatable bonds is 17. The zero-order chi connectivity index (χ0) is 32.7. The van der Waals surface area contributed by atoms with E-state index in [9.17, 15) is 19.5 Å². The Hall–Kier alpha value is -1.51. The van der Waals surface area contributed by atoms with E-state index in [0.717, 1.165) is 24.0 Å². The van der Waals surface area contributed by atoms with Gasteiger partial charge in [-0.3, -0.25) is 14.4 Å². The molecule has 1 rings (SSSR count). The second-order valence-electron chi connectivity index (χ2n) is 15.3. The Kier molecular flexibility index (Phi) is 13.7. The normalized spacial score (nSPS) is 15.5. The fourth-order valence-electron chi connectivity index (χ4n) is 5.27. The number of hydrogen-bond acceptors (Lipinski definition) is 7. The molecule has 0 aliphatic rings. The summed E-state index contributed by atoms with van der Waals surface area (Å²) in [7, 11) is 1.46. The Balaban J connectivity index is 3.48. The number of carbonyl (C=O) groups excluding carboxylic acids is 2. The molecular formula is C34H56O6S2. The van der Waals surface area contributed by atoms with Crippen molar-refractivity contribution in [1.82, 2.24) is 0 Å². The molecule has 1 N–H and O–H groups in total. The lowest BCUT2D eigenvalue weighted by Gasteiger charge is -2.50. The summed E-state index contributed by atoms with van der Waals surface area (Å²) < 4.78 is 12.1. The minimum atomic E-state index is -0.884. The average molecular weight is 625 g/mol. The van der Waals surface area contributed by atoms with Crippen LogP contribution < -0.4 is 0 Å². The van der Waals surface area contributed by atoms with E-state index in [1.807, 2.05) is 66.7 Å². The maximum absolute atomic E-state index is 14.2. The van der Waals surface area contributed by atoms with Gasteiger partial charge in [-0.1, -0.05) is 77.5 Å². The van der Waals surface area contributed by atoms with Gasteiger partial charge < -0.3 is 14.6 Å². The third-order valence-electron chi connectivity index (χ3n) is 9.34. The fraction of sp³-hybridized carbons (Fsp3) is 0.735. The molecule has 0 spiro atoms. The van der Waals surface area contributed by atoms with Crippen LogP contribution in [0.4, 0.5) is 0 Å². The van der Waals surface area contributed by atoms with Gasteiger partial charge in [0.05, 0.1) is 24.0 Å². The molecule has 0 saturated heterocycles. The van der Waals surface area contributed by atoms with Crippen molar-refractivity contribution in [2.45, 2.75) is 119 Å². The highest BCUT2D eigenvalue weighted by Crippen LogP contribution is 2.54. The molecule has 0 bridgehead atoms. The quantitative estimate of drug-likeness (QED) is 0.0774. The molecule has 3 atom stereocenters. The van der Waals surface area contributed by atoms with Crippen LogP contribution >= 0.6 is 22.5 Å². The highest BCUT2D eigenvalue weighted by Gasteiger charge is 2.51. The van der Waals surface area contributed by atoms with Crippen LogP contribution in [0, 0.1) is 28.1 Å². The number of thiol groups is 1. The first kappa shape index (κ1) is 38.5. The SMILES string of the molecule is CC(C(=O)O)C(C)(C)CC(C(=O)OC(C)(C)CCOC(C)(C)C)C(C)(C)C(C)(C)CC(CSS)c1cccc(C=O)c1. The zero-order valence-corrected chi connectivity index (χ0v) is 29.7. The van der Waals surface area contributed by atoms with Crippen LogP contribution in [0.1, 0.15) is 124 Å². The number of aldehydes is 1. The number of carboxylic acid groups (broad SMARTS) is 1. The predicted octanol–water partition coefficient (Wildman–Crippen LogP) is 8.88. The molecule has 1 aromatic carbocycles. The van der Waals surface area contributed by atoms with Crippen LogP contribution in [0.2, 0.25) is 0 Å². The minimum Gasteiger partial charge on any atom is -0.481 e. The second-order valence-corrected chi connectivity index (χ2v) is 16.7. The van der Waals surface area contributed by atoms with E-state index in [1.54, 1.807) is 13.0 Å². The van der Waals surface area contributed by atoms with Gasteiger partial charge in [-0.2, -0.15) is 0 Å². The summed E-state index contributed by atoms with van der Waals surface area (Å²) >= 11 is 4.45. The van der Waals surface area contributed by atoms with Gasteiger partial charge in [0.25, 0.3) is 0 Å². The van der Waals surface area contributed by atoms with Crippen molar-refractivity contribution in [1.29, 1.82) is 0 Å². The zero-order valence-electron chi connectivity index (χ0n) is 28.0. The number of hydrogen-bond donors (Lipinski definition) is 2. The first-order valence-electron chi connectivity index (χ1n) is 14.9. The molecule has 0 fully saturated rings. The molecule has 8 heteroatoms. The Bertz CT molecular complexity index is 1050. The molecule has 0 aliphatic carbocycles. The average Bonchev–Trinajstić information content (AvgIpc) is 2.84. The summed E-state index contributed by atoms with van der Waals surface area (Å²) in [5.74, 6) is -1.60. The van der Waals surface area contributed by atoms with Crippen LogP contribution in [0.5, 0.6) is 0 Å². The third kappa shape index (κ3) is 11.2. The van der Waals surface area contributed by atoms with Crippen molar-refractivity contribution in [3.63, 3.8) is 0 Å². The van der Waals surface area contributed by atoms with Crippen LogP contribution in [-0.4, -0.2) is 46.9 Å². The lowest BCUT2D eigenvalue weighted by molar-refractivity contribution is -0.176. The lowest BCUT2D eigenvalue weighted by atomic mass is 9.55. The molecule has 240 valence electrons. The summed E-state index contributed by atoms with van der Waals surface area (Å²) in [6, 6.07) is 7.66. The monoisotopic (exact) mass is 624 g/mol. The minimum absolute atomic E-state index is 0.0929. The fourth-order valence-corrected chi connectivity index (χ4v) is 6.30. The molecule has 0 radical (unpaired) electrons. The Morgan fingerprint density at radius 1 is 1.00 bits per heavy atom. The predicted molar refractivity (Wildman–Crippen MR) is 177 cm³/mol. The van der Waals surface area contributed by atoms with Crippen LogP contribution in [0.25, 0.3) is 0 Å². The first-order chi connectivity index (χ1) is 19.0. The van der Waals surface area contributed by atoms with Crippen LogP contribution in [-0.2, 0) is 19.1 Å². The molecule has 0 amide bonds. The van der Waals surface area contributed by atoms with Crippen molar-refractivity contribution in [2.24, 2.45) is 28.1 Å². The van der Waals surface area contributed by atoms with Gasteiger partial charge in [-0.05, 0) is 81.3 Å². The van der Waals surface area contributed by atoms with Crippen molar-refractivity contribution < 1.29 is 29.0 Å². The highest BCUT2D eigenvalue weighted by atomic mass is 33.1. The second kappa shape index (κ2) is 15.0. The number of aliphatic carboxylic acids is 1. The summed E-state index contributed by atoms with van der Waals surface area (Å²) in [5, 5.41) is 9.86. The molecule has 6 nitrogen and oxygen atoms in total. The summed E-state index contributed by atoms with van der Waals surface area (Å²) in [6.07, 6.45) is 2.49. The summed E-state index contributed by atoms with van der Waals surface area (Å²) in [4.78, 5) is 37.7. The van der Waals surface area contributed by atoms with E-state index in [2.05, 4.69) is 39.4 Å². The number of carboxylic acids is 1. The largest absolute Gasteiger partial charge is 0.481 e. The molecule has 1 aromatic rings. The summed E-state index contributed by atoms with van der Waals surface area (Å²) in [5.41, 5.74) is -1.00. The number of benzene rings is 1. The molecule has 0 heterocycles. The van der Waals surface area contributed by atoms with Gasteiger partial charge in [0.1, 0.15) is 11.9 Å². The highest BCUT2D eigenvalue weighted by molar-refractivity contribution is 8.68. The molecule has 0 saturated carbocycles. The van der Waals surface area contributed by atoms with E-state index in [4.69, 9.17) is 9.47 Å². The summed E-state index contributed by atoms with van der Waals surface area (Å²) in [6.45, 7) is 24.3. The van der Waals surface area contributed by atoms with E-state index in [-0.39, 0.29) is 22.9 Å². The molecule has 0 aromatic heterocycles. The van der Waals surface area contributed by atoms with Crippen molar-refractivity contribution in [3.05, 3.63) is 35.4 Å².